The Hall–Kier alpha value is -2.81. The van der Waals surface area contributed by atoms with Crippen molar-refractivity contribution < 1.29 is 17.9 Å². The quantitative estimate of drug-likeness (QED) is 0.539. The predicted octanol–water partition coefficient (Wildman–Crippen LogP) is 4.45. The Morgan fingerprint density at radius 2 is 1.72 bits per heavy atom. The average molecular weight is 452 g/mol. The number of ether oxygens (including phenoxy) is 1. The van der Waals surface area contributed by atoms with Crippen LogP contribution in [0.3, 0.4) is 0 Å². The van der Waals surface area contributed by atoms with Crippen LogP contribution in [0.5, 0.6) is 5.75 Å². The van der Waals surface area contributed by atoms with Crippen LogP contribution >= 0.6 is 23.2 Å². The number of nitrogens with one attached hydrogen (secondary N) is 2. The molecule has 1 amide bonds. The molecule has 10 heteroatoms. The Kier molecular flexibility index (Phi) is 6.26. The van der Waals surface area contributed by atoms with E-state index >= 15 is 0 Å². The smallest absolute Gasteiger partial charge is 0.265 e. The summed E-state index contributed by atoms with van der Waals surface area (Å²) in [6.45, 7) is 0. The van der Waals surface area contributed by atoms with Gasteiger partial charge in [0.15, 0.2) is 0 Å². The summed E-state index contributed by atoms with van der Waals surface area (Å²) in [4.78, 5) is 16.1. The average Bonchev–Trinajstić information content (AvgIpc) is 2.70. The zero-order valence-electron chi connectivity index (χ0n) is 15.0. The van der Waals surface area contributed by atoms with Gasteiger partial charge >= 0.3 is 0 Å². The van der Waals surface area contributed by atoms with Crippen molar-refractivity contribution in [2.75, 3.05) is 17.1 Å². The Labute approximate surface area is 177 Å². The van der Waals surface area contributed by atoms with E-state index in [1.807, 2.05) is 0 Å². The van der Waals surface area contributed by atoms with Crippen molar-refractivity contribution in [3.05, 3.63) is 76.5 Å². The van der Waals surface area contributed by atoms with Crippen LogP contribution in [0.15, 0.2) is 65.7 Å². The second kappa shape index (κ2) is 8.69. The van der Waals surface area contributed by atoms with E-state index in [9.17, 15) is 13.2 Å². The molecule has 3 rings (SSSR count). The predicted molar refractivity (Wildman–Crippen MR) is 112 cm³/mol. The number of anilines is 2. The molecule has 0 spiro atoms. The van der Waals surface area contributed by atoms with Crippen molar-refractivity contribution in [3.63, 3.8) is 0 Å². The number of hydrogen-bond donors (Lipinski definition) is 2. The van der Waals surface area contributed by atoms with Crippen LogP contribution in [0.2, 0.25) is 10.2 Å². The van der Waals surface area contributed by atoms with Crippen molar-refractivity contribution in [2.45, 2.75) is 4.90 Å². The Morgan fingerprint density at radius 1 is 1.03 bits per heavy atom. The lowest BCUT2D eigenvalue weighted by Gasteiger charge is -2.14. The van der Waals surface area contributed by atoms with E-state index in [4.69, 9.17) is 27.9 Å². The molecule has 29 heavy (non-hydrogen) atoms. The molecule has 0 aliphatic rings. The van der Waals surface area contributed by atoms with E-state index < -0.39 is 15.9 Å². The Morgan fingerprint density at radius 3 is 2.38 bits per heavy atom. The lowest BCUT2D eigenvalue weighted by molar-refractivity contribution is 0.102. The highest BCUT2D eigenvalue weighted by atomic mass is 35.5. The molecule has 0 radical (unpaired) electrons. The van der Waals surface area contributed by atoms with Gasteiger partial charge in [-0.15, -0.1) is 0 Å². The minimum Gasteiger partial charge on any atom is -0.495 e. The summed E-state index contributed by atoms with van der Waals surface area (Å²) in [5, 5.41) is 3.12. The number of carbonyl (C=O) groups excluding carboxylic acids is 1. The Balaban J connectivity index is 1.91. The van der Waals surface area contributed by atoms with Crippen LogP contribution < -0.4 is 14.8 Å². The van der Waals surface area contributed by atoms with Gasteiger partial charge in [0, 0.05) is 22.6 Å². The van der Waals surface area contributed by atoms with Crippen molar-refractivity contribution in [2.24, 2.45) is 0 Å². The van der Waals surface area contributed by atoms with Gasteiger partial charge in [0.05, 0.1) is 12.7 Å². The lowest BCUT2D eigenvalue weighted by Crippen LogP contribution is -2.16. The fraction of sp³-hybridized carbons (Fsp3) is 0.0526. The maximum Gasteiger partial charge on any atom is 0.265 e. The molecule has 0 saturated heterocycles. The van der Waals surface area contributed by atoms with Crippen LogP contribution in [-0.2, 0) is 10.0 Å². The molecule has 0 saturated carbocycles. The number of amides is 1. The van der Waals surface area contributed by atoms with Gasteiger partial charge in [0.1, 0.15) is 15.8 Å². The van der Waals surface area contributed by atoms with E-state index in [0.717, 1.165) is 0 Å². The number of nitrogens with zero attached hydrogens (tertiary/aromatic N) is 1. The minimum atomic E-state index is -4.01. The molecule has 150 valence electrons. The molecule has 0 fully saturated rings. The molecule has 0 atom stereocenters. The molecule has 3 aromatic rings. The SMILES string of the molecule is COc1ccc(NC(=O)c2cccnc2Cl)cc1S(=O)(=O)Nc1ccc(Cl)cc1. The van der Waals surface area contributed by atoms with Crippen LogP contribution in [0.25, 0.3) is 0 Å². The lowest BCUT2D eigenvalue weighted by atomic mass is 10.2. The zero-order chi connectivity index (χ0) is 21.0. The monoisotopic (exact) mass is 451 g/mol. The summed E-state index contributed by atoms with van der Waals surface area (Å²) in [6.07, 6.45) is 1.46. The van der Waals surface area contributed by atoms with E-state index in [-0.39, 0.29) is 27.0 Å². The molecular formula is C19H15Cl2N3O4S. The highest BCUT2D eigenvalue weighted by Crippen LogP contribution is 2.29. The topological polar surface area (TPSA) is 97.4 Å². The summed E-state index contributed by atoms with van der Waals surface area (Å²) in [6, 6.07) is 13.5. The first-order valence-electron chi connectivity index (χ1n) is 8.18. The standard InChI is InChI=1S/C19H15Cl2N3O4S/c1-28-16-9-8-14(23-19(25)15-3-2-10-22-18(15)21)11-17(16)29(26,27)24-13-6-4-12(20)5-7-13/h2-11,24H,1H3,(H,23,25). The van der Waals surface area contributed by atoms with Gasteiger partial charge in [-0.05, 0) is 54.6 Å². The highest BCUT2D eigenvalue weighted by molar-refractivity contribution is 7.92. The van der Waals surface area contributed by atoms with Gasteiger partial charge in [0.25, 0.3) is 15.9 Å². The van der Waals surface area contributed by atoms with Crippen LogP contribution in [-0.4, -0.2) is 26.4 Å². The third kappa shape index (κ3) is 4.97. The third-order valence-corrected chi connectivity index (χ3v) is 5.77. The van der Waals surface area contributed by atoms with Crippen molar-refractivity contribution >= 4 is 50.5 Å². The molecule has 7 nitrogen and oxygen atoms in total. The molecule has 2 aromatic carbocycles. The minimum absolute atomic E-state index is 0.0377. The first kappa shape index (κ1) is 20.9. The van der Waals surface area contributed by atoms with Crippen LogP contribution in [0.1, 0.15) is 10.4 Å². The van der Waals surface area contributed by atoms with E-state index in [1.54, 1.807) is 18.2 Å². The molecule has 0 aliphatic heterocycles. The van der Waals surface area contributed by atoms with Crippen molar-refractivity contribution in [1.29, 1.82) is 0 Å². The number of aromatic nitrogens is 1. The third-order valence-electron chi connectivity index (χ3n) is 3.81. The summed E-state index contributed by atoms with van der Waals surface area (Å²) in [5.41, 5.74) is 0.730. The van der Waals surface area contributed by atoms with Crippen molar-refractivity contribution in [1.82, 2.24) is 4.98 Å². The van der Waals surface area contributed by atoms with Crippen molar-refractivity contribution in [3.8, 4) is 5.75 Å². The number of methoxy groups -OCH3 is 1. The number of carbonyl (C=O) groups is 1. The number of sulfonamides is 1. The number of rotatable bonds is 6. The Bertz CT molecular complexity index is 1150. The summed E-state index contributed by atoms with van der Waals surface area (Å²) in [5.74, 6) is -0.411. The zero-order valence-corrected chi connectivity index (χ0v) is 17.3. The molecule has 1 aromatic heterocycles. The van der Waals surface area contributed by atoms with Gasteiger partial charge in [-0.25, -0.2) is 13.4 Å². The van der Waals surface area contributed by atoms with Gasteiger partial charge in [-0.1, -0.05) is 23.2 Å². The summed E-state index contributed by atoms with van der Waals surface area (Å²) < 4.78 is 33.3. The number of pyridine rings is 1. The summed E-state index contributed by atoms with van der Waals surface area (Å²) in [7, 11) is -2.66. The second-order valence-electron chi connectivity index (χ2n) is 5.77. The second-order valence-corrected chi connectivity index (χ2v) is 8.22. The molecule has 0 aliphatic carbocycles. The normalized spacial score (nSPS) is 11.0. The van der Waals surface area contributed by atoms with Gasteiger partial charge in [-0.2, -0.15) is 0 Å². The van der Waals surface area contributed by atoms with Crippen LogP contribution in [0, 0.1) is 0 Å². The van der Waals surface area contributed by atoms with Gasteiger partial charge in [0.2, 0.25) is 0 Å². The molecule has 0 bridgehead atoms. The van der Waals surface area contributed by atoms with Crippen LogP contribution in [0.4, 0.5) is 11.4 Å². The first-order chi connectivity index (χ1) is 13.8. The fourth-order valence-electron chi connectivity index (χ4n) is 2.45. The maximum absolute atomic E-state index is 12.9. The molecule has 1 heterocycles. The molecule has 2 N–H and O–H groups in total. The van der Waals surface area contributed by atoms with E-state index in [0.29, 0.717) is 10.7 Å². The molecule has 0 unspecified atom stereocenters. The first-order valence-corrected chi connectivity index (χ1v) is 10.4. The van der Waals surface area contributed by atoms with Gasteiger partial charge in [-0.3, -0.25) is 9.52 Å². The van der Waals surface area contributed by atoms with Gasteiger partial charge < -0.3 is 10.1 Å². The number of halogens is 2. The fourth-order valence-corrected chi connectivity index (χ4v) is 4.03. The maximum atomic E-state index is 12.9. The summed E-state index contributed by atoms with van der Waals surface area (Å²) >= 11 is 11.8. The highest BCUT2D eigenvalue weighted by Gasteiger charge is 2.21. The number of hydrogen-bond acceptors (Lipinski definition) is 5. The molecular weight excluding hydrogens is 437 g/mol. The largest absolute Gasteiger partial charge is 0.495 e. The van der Waals surface area contributed by atoms with E-state index in [2.05, 4.69) is 15.0 Å². The van der Waals surface area contributed by atoms with E-state index in [1.165, 1.54) is 49.7 Å². The number of benzene rings is 2.